The first-order valence-electron chi connectivity index (χ1n) is 6.38. The number of halogens is 2. The van der Waals surface area contributed by atoms with Crippen LogP contribution < -0.4 is 0 Å². The van der Waals surface area contributed by atoms with Gasteiger partial charge in [0.2, 0.25) is 0 Å². The summed E-state index contributed by atoms with van der Waals surface area (Å²) in [7, 11) is -3.72. The molecule has 1 atom stereocenters. The van der Waals surface area contributed by atoms with Gasteiger partial charge in [-0.15, -0.1) is 0 Å². The molecule has 1 saturated heterocycles. The van der Waals surface area contributed by atoms with Crippen molar-refractivity contribution in [1.29, 1.82) is 0 Å². The lowest BCUT2D eigenvalue weighted by Gasteiger charge is -2.12. The quantitative estimate of drug-likeness (QED) is 0.880. The summed E-state index contributed by atoms with van der Waals surface area (Å²) >= 11 is 11.7. The smallest absolute Gasteiger partial charge is 0.337 e. The molecule has 1 aromatic rings. The third-order valence-corrected chi connectivity index (χ3v) is 5.80. The standard InChI is InChI=1S/C13H14Cl2O5S/c14-8-6-10(13(16)17)12(15)11(7-8)21(18,19)5-3-9-2-1-4-20-9/h6-7,9H,1-5H2,(H,16,17). The maximum absolute atomic E-state index is 12.3. The van der Waals surface area contributed by atoms with Gasteiger partial charge in [0.1, 0.15) is 0 Å². The zero-order chi connectivity index (χ0) is 15.6. The average Bonchev–Trinajstić information content (AvgIpc) is 2.91. The van der Waals surface area contributed by atoms with Crippen molar-refractivity contribution in [3.05, 3.63) is 27.7 Å². The van der Waals surface area contributed by atoms with Crippen molar-refractivity contribution in [3.63, 3.8) is 0 Å². The second kappa shape index (κ2) is 6.52. The average molecular weight is 353 g/mol. The van der Waals surface area contributed by atoms with E-state index in [1.54, 1.807) is 0 Å². The van der Waals surface area contributed by atoms with E-state index in [0.29, 0.717) is 13.0 Å². The van der Waals surface area contributed by atoms with Crippen molar-refractivity contribution >= 4 is 39.0 Å². The summed E-state index contributed by atoms with van der Waals surface area (Å²) in [6.07, 6.45) is 2.04. The molecule has 1 aliphatic heterocycles. The van der Waals surface area contributed by atoms with Gasteiger partial charge in [0, 0.05) is 11.6 Å². The normalized spacial score (nSPS) is 18.9. The van der Waals surface area contributed by atoms with Gasteiger partial charge in [-0.05, 0) is 31.4 Å². The number of rotatable bonds is 5. The maximum Gasteiger partial charge on any atom is 0.337 e. The summed E-state index contributed by atoms with van der Waals surface area (Å²) in [6.45, 7) is 0.645. The molecule has 2 rings (SSSR count). The molecule has 116 valence electrons. The van der Waals surface area contributed by atoms with Gasteiger partial charge in [0.05, 0.1) is 27.3 Å². The highest BCUT2D eigenvalue weighted by Gasteiger charge is 2.26. The third-order valence-electron chi connectivity index (χ3n) is 3.30. The van der Waals surface area contributed by atoms with E-state index >= 15 is 0 Å². The third kappa shape index (κ3) is 3.88. The fraction of sp³-hybridized carbons (Fsp3) is 0.462. The van der Waals surface area contributed by atoms with Gasteiger partial charge >= 0.3 is 5.97 Å². The van der Waals surface area contributed by atoms with Crippen molar-refractivity contribution in [2.45, 2.75) is 30.3 Å². The van der Waals surface area contributed by atoms with Gasteiger partial charge in [-0.2, -0.15) is 0 Å². The number of aromatic carboxylic acids is 1. The fourth-order valence-electron chi connectivity index (χ4n) is 2.21. The minimum atomic E-state index is -3.72. The van der Waals surface area contributed by atoms with Crippen LogP contribution in [0.2, 0.25) is 10.0 Å². The van der Waals surface area contributed by atoms with Crippen LogP contribution >= 0.6 is 23.2 Å². The molecule has 0 radical (unpaired) electrons. The molecule has 0 saturated carbocycles. The molecule has 1 unspecified atom stereocenters. The summed E-state index contributed by atoms with van der Waals surface area (Å²) < 4.78 is 30.1. The van der Waals surface area contributed by atoms with Gasteiger partial charge in [0.15, 0.2) is 9.84 Å². The van der Waals surface area contributed by atoms with Crippen molar-refractivity contribution < 1.29 is 23.1 Å². The summed E-state index contributed by atoms with van der Waals surface area (Å²) in [5, 5.41) is 8.74. The highest BCUT2D eigenvalue weighted by atomic mass is 35.5. The molecule has 1 fully saturated rings. The summed E-state index contributed by atoms with van der Waals surface area (Å²) in [5.41, 5.74) is -0.320. The van der Waals surface area contributed by atoms with Crippen LogP contribution in [0.3, 0.4) is 0 Å². The minimum absolute atomic E-state index is 0.0208. The summed E-state index contributed by atoms with van der Waals surface area (Å²) in [6, 6.07) is 2.31. The van der Waals surface area contributed by atoms with E-state index in [1.165, 1.54) is 6.07 Å². The SMILES string of the molecule is O=C(O)c1cc(Cl)cc(S(=O)(=O)CCC2CCCO2)c1Cl. The predicted octanol–water partition coefficient (Wildman–Crippen LogP) is 3.03. The number of hydrogen-bond donors (Lipinski definition) is 1. The molecule has 1 heterocycles. The molecule has 1 aliphatic rings. The number of benzene rings is 1. The van der Waals surface area contributed by atoms with Crippen molar-refractivity contribution in [1.82, 2.24) is 0 Å². The first kappa shape index (κ1) is 16.5. The van der Waals surface area contributed by atoms with E-state index in [0.717, 1.165) is 18.9 Å². The van der Waals surface area contributed by atoms with Gasteiger partial charge in [-0.1, -0.05) is 23.2 Å². The Morgan fingerprint density at radius 2 is 2.10 bits per heavy atom. The van der Waals surface area contributed by atoms with Crippen molar-refractivity contribution in [2.24, 2.45) is 0 Å². The molecule has 0 amide bonds. The van der Waals surface area contributed by atoms with Crippen LogP contribution in [-0.2, 0) is 14.6 Å². The molecule has 1 N–H and O–H groups in total. The topological polar surface area (TPSA) is 80.7 Å². The van der Waals surface area contributed by atoms with Crippen LogP contribution in [0.25, 0.3) is 0 Å². The second-order valence-corrected chi connectivity index (χ2v) is 7.71. The highest BCUT2D eigenvalue weighted by molar-refractivity contribution is 7.91. The number of sulfone groups is 1. The van der Waals surface area contributed by atoms with E-state index in [4.69, 9.17) is 33.0 Å². The first-order chi connectivity index (χ1) is 9.81. The Morgan fingerprint density at radius 3 is 2.67 bits per heavy atom. The largest absolute Gasteiger partial charge is 0.478 e. The Bertz CT molecular complexity index is 651. The molecular formula is C13H14Cl2O5S. The molecule has 0 aliphatic carbocycles. The van der Waals surface area contributed by atoms with Crippen LogP contribution in [-0.4, -0.2) is 38.0 Å². The summed E-state index contributed by atoms with van der Waals surface area (Å²) in [4.78, 5) is 10.8. The molecule has 21 heavy (non-hydrogen) atoms. The Kier molecular flexibility index (Phi) is 5.14. The van der Waals surface area contributed by atoms with Crippen LogP contribution in [0.5, 0.6) is 0 Å². The van der Waals surface area contributed by atoms with E-state index < -0.39 is 15.8 Å². The van der Waals surface area contributed by atoms with Gasteiger partial charge in [0.25, 0.3) is 0 Å². The molecule has 8 heteroatoms. The molecule has 1 aromatic carbocycles. The first-order valence-corrected chi connectivity index (χ1v) is 8.79. The molecule has 0 aromatic heterocycles. The lowest BCUT2D eigenvalue weighted by Crippen LogP contribution is -2.15. The van der Waals surface area contributed by atoms with E-state index in [2.05, 4.69) is 0 Å². The van der Waals surface area contributed by atoms with E-state index in [1.807, 2.05) is 0 Å². The van der Waals surface area contributed by atoms with Gasteiger partial charge in [-0.25, -0.2) is 13.2 Å². The fourth-order valence-corrected chi connectivity index (χ4v) is 4.52. The molecular weight excluding hydrogens is 339 g/mol. The zero-order valence-electron chi connectivity index (χ0n) is 11.0. The van der Waals surface area contributed by atoms with Crippen LogP contribution in [0.15, 0.2) is 17.0 Å². The lowest BCUT2D eigenvalue weighted by molar-refractivity contribution is 0.0696. The second-order valence-electron chi connectivity index (χ2n) is 4.81. The van der Waals surface area contributed by atoms with Crippen LogP contribution in [0.4, 0.5) is 0 Å². The summed E-state index contributed by atoms with van der Waals surface area (Å²) in [5.74, 6) is -1.48. The number of ether oxygens (including phenoxy) is 1. The molecule has 0 bridgehead atoms. The zero-order valence-corrected chi connectivity index (χ0v) is 13.3. The Balaban J connectivity index is 2.28. The van der Waals surface area contributed by atoms with Crippen molar-refractivity contribution in [3.8, 4) is 0 Å². The van der Waals surface area contributed by atoms with Gasteiger partial charge in [-0.3, -0.25) is 0 Å². The number of hydrogen-bond acceptors (Lipinski definition) is 4. The Hall–Kier alpha value is -0.820. The monoisotopic (exact) mass is 352 g/mol. The van der Waals surface area contributed by atoms with E-state index in [-0.39, 0.29) is 32.4 Å². The number of carbonyl (C=O) groups is 1. The highest BCUT2D eigenvalue weighted by Crippen LogP contribution is 2.31. The predicted molar refractivity (Wildman–Crippen MR) is 79.1 cm³/mol. The Labute approximate surface area is 132 Å². The molecule has 0 spiro atoms. The maximum atomic E-state index is 12.3. The number of carboxylic acid groups (broad SMARTS) is 1. The number of carboxylic acids is 1. The molecule has 5 nitrogen and oxygen atoms in total. The van der Waals surface area contributed by atoms with Crippen LogP contribution in [0.1, 0.15) is 29.6 Å². The van der Waals surface area contributed by atoms with Crippen LogP contribution in [0, 0.1) is 0 Å². The minimum Gasteiger partial charge on any atom is -0.478 e. The Morgan fingerprint density at radius 1 is 1.38 bits per heavy atom. The van der Waals surface area contributed by atoms with E-state index in [9.17, 15) is 13.2 Å². The van der Waals surface area contributed by atoms with Crippen molar-refractivity contribution in [2.75, 3.05) is 12.4 Å². The van der Waals surface area contributed by atoms with Gasteiger partial charge < -0.3 is 9.84 Å². The lowest BCUT2D eigenvalue weighted by atomic mass is 10.2.